The third-order valence-electron chi connectivity index (χ3n) is 5.75. The number of Topliss-reactive ketones (excluding diaryl/α,β-unsaturated/α-hetero) is 2. The summed E-state index contributed by atoms with van der Waals surface area (Å²) in [7, 11) is 0. The monoisotopic (exact) mass is 380 g/mol. The molecular formula is C25H20N2O2. The van der Waals surface area contributed by atoms with Gasteiger partial charge in [0.2, 0.25) is 11.6 Å². The van der Waals surface area contributed by atoms with E-state index in [1.807, 2.05) is 41.3 Å². The molecule has 5 rings (SSSR count). The molecule has 1 fully saturated rings. The summed E-state index contributed by atoms with van der Waals surface area (Å²) in [5.74, 6) is -0.443. The molecule has 1 heterocycles. The number of nitrogens with zero attached hydrogens (tertiary/aromatic N) is 1. The fourth-order valence-corrected chi connectivity index (χ4v) is 4.32. The normalized spacial score (nSPS) is 20.6. The molecule has 3 aromatic rings. The molecule has 4 heteroatoms. The molecule has 4 nitrogen and oxygen atoms in total. The number of hydrogen-bond donors (Lipinski definition) is 1. The van der Waals surface area contributed by atoms with Gasteiger partial charge in [-0.1, -0.05) is 84.9 Å². The third kappa shape index (κ3) is 2.85. The van der Waals surface area contributed by atoms with Crippen LogP contribution < -0.4 is 5.73 Å². The van der Waals surface area contributed by atoms with Crippen molar-refractivity contribution in [3.05, 3.63) is 119 Å². The number of benzene rings is 3. The molecule has 0 amide bonds. The summed E-state index contributed by atoms with van der Waals surface area (Å²) in [6.07, 6.45) is 0.778. The van der Waals surface area contributed by atoms with Gasteiger partial charge in [0.25, 0.3) is 0 Å². The average Bonchev–Trinajstić information content (AvgIpc) is 3.46. The molecule has 0 spiro atoms. The summed E-state index contributed by atoms with van der Waals surface area (Å²) in [5, 5.41) is 0. The molecule has 0 unspecified atom stereocenters. The number of rotatable bonds is 4. The fourth-order valence-electron chi connectivity index (χ4n) is 4.32. The summed E-state index contributed by atoms with van der Waals surface area (Å²) in [6.45, 7) is 0. The van der Waals surface area contributed by atoms with Crippen molar-refractivity contribution in [3.8, 4) is 0 Å². The Morgan fingerprint density at radius 2 is 1.28 bits per heavy atom. The van der Waals surface area contributed by atoms with Gasteiger partial charge in [0.15, 0.2) is 0 Å². The van der Waals surface area contributed by atoms with Crippen LogP contribution in [0.15, 0.2) is 96.3 Å². The van der Waals surface area contributed by atoms with E-state index < -0.39 is 0 Å². The van der Waals surface area contributed by atoms with E-state index in [-0.39, 0.29) is 29.3 Å². The topological polar surface area (TPSA) is 63.2 Å². The van der Waals surface area contributed by atoms with Gasteiger partial charge in [0.1, 0.15) is 11.4 Å². The third-order valence-corrected chi connectivity index (χ3v) is 5.75. The Balaban J connectivity index is 1.56. The molecule has 3 aromatic carbocycles. The van der Waals surface area contributed by atoms with Crippen LogP contribution in [-0.2, 0) is 6.42 Å². The van der Waals surface area contributed by atoms with E-state index in [2.05, 4.69) is 24.3 Å². The summed E-state index contributed by atoms with van der Waals surface area (Å²) in [4.78, 5) is 28.2. The molecular weight excluding hydrogens is 360 g/mol. The van der Waals surface area contributed by atoms with Gasteiger partial charge in [-0.25, -0.2) is 0 Å². The SMILES string of the molecule is NC1=C(N2[C@H](Cc3ccccc3)[C@@H]2c2ccccc2)C(=O)c2ccccc2C1=O. The zero-order valence-corrected chi connectivity index (χ0v) is 15.8. The lowest BCUT2D eigenvalue weighted by molar-refractivity contribution is 0.0956. The van der Waals surface area contributed by atoms with Crippen LogP contribution in [0.25, 0.3) is 0 Å². The van der Waals surface area contributed by atoms with Crippen LogP contribution in [0.4, 0.5) is 0 Å². The Hall–Kier alpha value is -3.66. The van der Waals surface area contributed by atoms with Gasteiger partial charge < -0.3 is 10.6 Å². The minimum Gasteiger partial charge on any atom is -0.394 e. The quantitative estimate of drug-likeness (QED) is 0.697. The van der Waals surface area contributed by atoms with E-state index in [4.69, 9.17) is 5.73 Å². The van der Waals surface area contributed by atoms with E-state index in [1.54, 1.807) is 24.3 Å². The first-order chi connectivity index (χ1) is 14.2. The Labute approximate surface area is 169 Å². The van der Waals surface area contributed by atoms with Crippen molar-refractivity contribution < 1.29 is 9.59 Å². The number of ketones is 2. The van der Waals surface area contributed by atoms with Crippen LogP contribution in [0.3, 0.4) is 0 Å². The van der Waals surface area contributed by atoms with Crippen molar-refractivity contribution in [1.82, 2.24) is 4.90 Å². The summed E-state index contributed by atoms with van der Waals surface area (Å²) in [5.41, 5.74) is 9.74. The number of carbonyl (C=O) groups excluding carboxylic acids is 2. The summed E-state index contributed by atoms with van der Waals surface area (Å²) < 4.78 is 0. The van der Waals surface area contributed by atoms with Gasteiger partial charge in [-0.05, 0) is 17.5 Å². The molecule has 29 heavy (non-hydrogen) atoms. The molecule has 142 valence electrons. The zero-order chi connectivity index (χ0) is 20.0. The Morgan fingerprint density at radius 3 is 1.93 bits per heavy atom. The summed E-state index contributed by atoms with van der Waals surface area (Å²) >= 11 is 0. The van der Waals surface area contributed by atoms with Crippen molar-refractivity contribution in [3.63, 3.8) is 0 Å². The molecule has 1 aliphatic heterocycles. The lowest BCUT2D eigenvalue weighted by Gasteiger charge is -2.20. The smallest absolute Gasteiger partial charge is 0.212 e. The number of hydrogen-bond acceptors (Lipinski definition) is 4. The van der Waals surface area contributed by atoms with Gasteiger partial charge in [-0.3, -0.25) is 9.59 Å². The molecule has 1 saturated heterocycles. The number of nitrogens with two attached hydrogens (primary N) is 1. The van der Waals surface area contributed by atoms with Crippen LogP contribution in [0, 0.1) is 0 Å². The van der Waals surface area contributed by atoms with Crippen molar-refractivity contribution in [2.24, 2.45) is 5.73 Å². The molecule has 0 radical (unpaired) electrons. The second-order valence-electron chi connectivity index (χ2n) is 7.49. The highest BCUT2D eigenvalue weighted by molar-refractivity contribution is 6.26. The predicted molar refractivity (Wildman–Crippen MR) is 111 cm³/mol. The van der Waals surface area contributed by atoms with E-state index in [9.17, 15) is 9.59 Å². The zero-order valence-electron chi connectivity index (χ0n) is 15.8. The van der Waals surface area contributed by atoms with Gasteiger partial charge >= 0.3 is 0 Å². The lowest BCUT2D eigenvalue weighted by Crippen LogP contribution is -2.30. The van der Waals surface area contributed by atoms with Crippen LogP contribution in [-0.4, -0.2) is 22.5 Å². The van der Waals surface area contributed by atoms with E-state index in [1.165, 1.54) is 5.56 Å². The Morgan fingerprint density at radius 1 is 0.724 bits per heavy atom. The number of carbonyl (C=O) groups is 2. The van der Waals surface area contributed by atoms with Crippen LogP contribution >= 0.6 is 0 Å². The van der Waals surface area contributed by atoms with Gasteiger partial charge in [-0.2, -0.15) is 0 Å². The van der Waals surface area contributed by atoms with Crippen LogP contribution in [0.1, 0.15) is 37.9 Å². The van der Waals surface area contributed by atoms with E-state index in [0.29, 0.717) is 16.8 Å². The first-order valence-electron chi connectivity index (χ1n) is 9.72. The Kier molecular flexibility index (Phi) is 4.06. The number of fused-ring (bicyclic) bond motifs is 1. The largest absolute Gasteiger partial charge is 0.394 e. The van der Waals surface area contributed by atoms with Gasteiger partial charge in [0, 0.05) is 11.1 Å². The highest BCUT2D eigenvalue weighted by Gasteiger charge is 2.53. The summed E-state index contributed by atoms with van der Waals surface area (Å²) in [6, 6.07) is 27.3. The van der Waals surface area contributed by atoms with Crippen molar-refractivity contribution >= 4 is 11.6 Å². The maximum atomic E-state index is 13.3. The lowest BCUT2D eigenvalue weighted by atomic mass is 9.90. The predicted octanol–water partition coefficient (Wildman–Crippen LogP) is 3.90. The molecule has 0 aromatic heterocycles. The minimum atomic E-state index is -0.271. The average molecular weight is 380 g/mol. The van der Waals surface area contributed by atoms with Crippen LogP contribution in [0.5, 0.6) is 0 Å². The molecule has 2 aliphatic rings. The fraction of sp³-hybridized carbons (Fsp3) is 0.120. The maximum absolute atomic E-state index is 13.3. The Bertz CT molecular complexity index is 1140. The van der Waals surface area contributed by atoms with Gasteiger partial charge in [0.05, 0.1) is 12.1 Å². The van der Waals surface area contributed by atoms with E-state index in [0.717, 1.165) is 12.0 Å². The first kappa shape index (κ1) is 17.4. The second kappa shape index (κ2) is 6.74. The van der Waals surface area contributed by atoms with Gasteiger partial charge in [-0.15, -0.1) is 0 Å². The minimum absolute atomic E-state index is 0.0203. The first-order valence-corrected chi connectivity index (χ1v) is 9.72. The van der Waals surface area contributed by atoms with Crippen molar-refractivity contribution in [1.29, 1.82) is 0 Å². The van der Waals surface area contributed by atoms with Crippen molar-refractivity contribution in [2.45, 2.75) is 18.5 Å². The second-order valence-corrected chi connectivity index (χ2v) is 7.49. The molecule has 0 bridgehead atoms. The standard InChI is InChI=1S/C25H20N2O2/c26-21-23(25(29)19-14-8-7-13-18(19)24(21)28)27-20(15-16-9-3-1-4-10-16)22(27)17-11-5-2-6-12-17/h1-14,20,22H,15,26H2/t20-,22+,27?/m1/s1. The highest BCUT2D eigenvalue weighted by Crippen LogP contribution is 2.50. The molecule has 2 N–H and O–H groups in total. The maximum Gasteiger partial charge on any atom is 0.212 e. The highest BCUT2D eigenvalue weighted by atomic mass is 16.1. The van der Waals surface area contributed by atoms with E-state index >= 15 is 0 Å². The van der Waals surface area contributed by atoms with Crippen LogP contribution in [0.2, 0.25) is 0 Å². The molecule has 1 aliphatic carbocycles. The number of allylic oxidation sites excluding steroid dienone is 2. The molecule has 2 atom stereocenters. The molecule has 0 saturated carbocycles. The van der Waals surface area contributed by atoms with Crippen molar-refractivity contribution in [2.75, 3.05) is 0 Å².